The number of hydrogen-bond acceptors (Lipinski definition) is 3. The SMILES string of the molecule is O=C1c2ccccc2-c2c1ccc1nc(-c3[c-]cccc3)ccc21.[Ir].[c-]1ccccc1-c1ccccn1. The van der Waals surface area contributed by atoms with Gasteiger partial charge in [0.15, 0.2) is 5.78 Å². The number of hydrogen-bond donors (Lipinski definition) is 0. The molecule has 6 aromatic rings. The van der Waals surface area contributed by atoms with Crippen LogP contribution in [0.2, 0.25) is 0 Å². The second kappa shape index (κ2) is 10.8. The summed E-state index contributed by atoms with van der Waals surface area (Å²) in [6, 6.07) is 43.5. The van der Waals surface area contributed by atoms with Crippen molar-refractivity contribution in [2.75, 3.05) is 0 Å². The molecule has 1 radical (unpaired) electrons. The number of carbonyl (C=O) groups is 1. The van der Waals surface area contributed by atoms with E-state index in [9.17, 15) is 4.79 Å². The summed E-state index contributed by atoms with van der Waals surface area (Å²) < 4.78 is 0. The van der Waals surface area contributed by atoms with E-state index in [1.165, 1.54) is 0 Å². The molecule has 2 aromatic heterocycles. The monoisotopic (exact) mass is 653 g/mol. The Balaban J connectivity index is 0.000000183. The van der Waals surface area contributed by atoms with Gasteiger partial charge in [-0.15, -0.1) is 71.8 Å². The maximum Gasteiger partial charge on any atom is 0.194 e. The first kappa shape index (κ1) is 24.5. The molecule has 3 nitrogen and oxygen atoms in total. The van der Waals surface area contributed by atoms with Crippen LogP contribution >= 0.6 is 0 Å². The summed E-state index contributed by atoms with van der Waals surface area (Å²) in [5.41, 5.74) is 8.32. The van der Waals surface area contributed by atoms with Gasteiger partial charge in [-0.1, -0.05) is 48.5 Å². The molecule has 2 heterocycles. The number of fused-ring (bicyclic) bond motifs is 5. The summed E-state index contributed by atoms with van der Waals surface area (Å²) >= 11 is 0. The van der Waals surface area contributed by atoms with E-state index < -0.39 is 0 Å². The molecule has 179 valence electrons. The largest absolute Gasteiger partial charge is 0.305 e. The molecule has 0 bridgehead atoms. The second-order valence-electron chi connectivity index (χ2n) is 8.39. The number of carbonyl (C=O) groups excluding carboxylic acids is 1. The molecule has 0 saturated heterocycles. The number of ketones is 1. The van der Waals surface area contributed by atoms with Gasteiger partial charge < -0.3 is 4.98 Å². The van der Waals surface area contributed by atoms with Crippen molar-refractivity contribution in [2.45, 2.75) is 0 Å². The summed E-state index contributed by atoms with van der Waals surface area (Å²) in [4.78, 5) is 21.6. The normalized spacial score (nSPS) is 11.1. The quantitative estimate of drug-likeness (QED) is 0.182. The molecule has 0 saturated carbocycles. The fourth-order valence-electron chi connectivity index (χ4n) is 4.51. The molecule has 0 atom stereocenters. The van der Waals surface area contributed by atoms with E-state index in [0.29, 0.717) is 0 Å². The molecule has 37 heavy (non-hydrogen) atoms. The summed E-state index contributed by atoms with van der Waals surface area (Å²) in [6.07, 6.45) is 1.79. The van der Waals surface area contributed by atoms with Crippen LogP contribution < -0.4 is 0 Å². The van der Waals surface area contributed by atoms with E-state index >= 15 is 0 Å². The topological polar surface area (TPSA) is 42.9 Å². The van der Waals surface area contributed by atoms with Gasteiger partial charge in [-0.3, -0.25) is 9.78 Å². The molecule has 0 amide bonds. The Bertz CT molecular complexity index is 1650. The Morgan fingerprint density at radius 2 is 1.24 bits per heavy atom. The zero-order valence-electron chi connectivity index (χ0n) is 19.7. The third kappa shape index (κ3) is 4.77. The van der Waals surface area contributed by atoms with Crippen molar-refractivity contribution < 1.29 is 24.9 Å². The molecular formula is C33H20IrN2O-2. The van der Waals surface area contributed by atoms with Crippen LogP contribution in [0.3, 0.4) is 0 Å². The van der Waals surface area contributed by atoms with E-state index in [4.69, 9.17) is 4.98 Å². The van der Waals surface area contributed by atoms with Gasteiger partial charge in [0.2, 0.25) is 0 Å². The van der Waals surface area contributed by atoms with Gasteiger partial charge in [0.05, 0.1) is 5.52 Å². The zero-order chi connectivity index (χ0) is 24.3. The minimum absolute atomic E-state index is 0. The molecular weight excluding hydrogens is 633 g/mol. The van der Waals surface area contributed by atoms with Crippen molar-refractivity contribution in [1.29, 1.82) is 0 Å². The zero-order valence-corrected chi connectivity index (χ0v) is 22.1. The minimum Gasteiger partial charge on any atom is -0.305 e. The summed E-state index contributed by atoms with van der Waals surface area (Å²) in [6.45, 7) is 0. The first-order valence-corrected chi connectivity index (χ1v) is 11.7. The standard InChI is InChI=1S/C22H12NO.C11H8N.Ir/c24-22-16-9-5-4-8-15(16)21-17-10-12-19(14-6-2-1-3-7-14)23-20(17)13-11-18(21)22;1-2-6-10(7-3-1)11-8-4-5-9-12-11;/h1-6,8-13H;1-6,8-9H;/q2*-1;. The maximum atomic E-state index is 12.6. The van der Waals surface area contributed by atoms with E-state index in [1.54, 1.807) is 6.20 Å². The van der Waals surface area contributed by atoms with Crippen molar-refractivity contribution in [3.8, 4) is 33.6 Å². The molecule has 0 unspecified atom stereocenters. The van der Waals surface area contributed by atoms with Crippen molar-refractivity contribution in [3.63, 3.8) is 0 Å². The van der Waals surface area contributed by atoms with Gasteiger partial charge in [0, 0.05) is 48.4 Å². The number of benzene rings is 4. The molecule has 0 aliphatic heterocycles. The van der Waals surface area contributed by atoms with Crippen LogP contribution in [0.5, 0.6) is 0 Å². The number of rotatable bonds is 2. The van der Waals surface area contributed by atoms with Gasteiger partial charge in [-0.2, -0.15) is 0 Å². The predicted molar refractivity (Wildman–Crippen MR) is 143 cm³/mol. The fourth-order valence-corrected chi connectivity index (χ4v) is 4.51. The summed E-state index contributed by atoms with van der Waals surface area (Å²) in [7, 11) is 0. The number of pyridine rings is 2. The van der Waals surface area contributed by atoms with E-state index in [2.05, 4.69) is 23.2 Å². The van der Waals surface area contributed by atoms with Crippen molar-refractivity contribution >= 4 is 16.7 Å². The number of nitrogens with zero attached hydrogens (tertiary/aromatic N) is 2. The Labute approximate surface area is 229 Å². The molecule has 1 aliphatic rings. The average molecular weight is 653 g/mol. The first-order valence-electron chi connectivity index (χ1n) is 11.7. The van der Waals surface area contributed by atoms with Gasteiger partial charge in [-0.05, 0) is 35.2 Å². The summed E-state index contributed by atoms with van der Waals surface area (Å²) in [5.74, 6) is 0.1000. The van der Waals surface area contributed by atoms with E-state index in [-0.39, 0.29) is 25.9 Å². The molecule has 0 N–H and O–H groups in total. The molecule has 0 fully saturated rings. The Morgan fingerprint density at radius 1 is 0.568 bits per heavy atom. The molecule has 0 spiro atoms. The van der Waals surface area contributed by atoms with Crippen molar-refractivity contribution in [2.24, 2.45) is 0 Å². The van der Waals surface area contributed by atoms with Crippen molar-refractivity contribution in [1.82, 2.24) is 9.97 Å². The molecule has 1 aliphatic carbocycles. The summed E-state index contributed by atoms with van der Waals surface area (Å²) in [5, 5.41) is 1.02. The first-order chi connectivity index (χ1) is 17.8. The van der Waals surface area contributed by atoms with Crippen LogP contribution in [-0.4, -0.2) is 15.8 Å². The Hall–Kier alpha value is -4.24. The maximum absolute atomic E-state index is 12.6. The molecule has 4 aromatic carbocycles. The van der Waals surface area contributed by atoms with Crippen molar-refractivity contribution in [3.05, 3.63) is 145 Å². The van der Waals surface area contributed by atoms with Crippen LogP contribution in [0.1, 0.15) is 15.9 Å². The molecule has 4 heteroatoms. The van der Waals surface area contributed by atoms with Gasteiger partial charge >= 0.3 is 0 Å². The van der Waals surface area contributed by atoms with Crippen LogP contribution in [0, 0.1) is 12.1 Å². The van der Waals surface area contributed by atoms with E-state index in [0.717, 1.165) is 55.7 Å². The Kier molecular flexibility index (Phi) is 7.13. The third-order valence-electron chi connectivity index (χ3n) is 6.19. The average Bonchev–Trinajstić information content (AvgIpc) is 3.26. The minimum atomic E-state index is 0. The van der Waals surface area contributed by atoms with Gasteiger partial charge in [0.1, 0.15) is 0 Å². The predicted octanol–water partition coefficient (Wildman–Crippen LogP) is 7.46. The van der Waals surface area contributed by atoms with E-state index in [1.807, 2.05) is 109 Å². The molecule has 7 rings (SSSR count). The van der Waals surface area contributed by atoms with Crippen LogP contribution in [0.25, 0.3) is 44.5 Å². The Morgan fingerprint density at radius 3 is 1.92 bits per heavy atom. The van der Waals surface area contributed by atoms with Gasteiger partial charge in [-0.25, -0.2) is 0 Å². The second-order valence-corrected chi connectivity index (χ2v) is 8.39. The fraction of sp³-hybridized carbons (Fsp3) is 0. The van der Waals surface area contributed by atoms with Crippen LogP contribution in [-0.2, 0) is 20.1 Å². The van der Waals surface area contributed by atoms with Gasteiger partial charge in [0.25, 0.3) is 0 Å². The van der Waals surface area contributed by atoms with Crippen LogP contribution in [0.4, 0.5) is 0 Å². The van der Waals surface area contributed by atoms with Crippen LogP contribution in [0.15, 0.2) is 121 Å². The third-order valence-corrected chi connectivity index (χ3v) is 6.19. The number of aromatic nitrogens is 2. The smallest absolute Gasteiger partial charge is 0.194 e.